The lowest BCUT2D eigenvalue weighted by molar-refractivity contribution is -0.140. The Morgan fingerprint density at radius 2 is 1.97 bits per heavy atom. The number of hydrogen-bond acceptors (Lipinski definition) is 4. The fourth-order valence-corrected chi connectivity index (χ4v) is 5.10. The van der Waals surface area contributed by atoms with Crippen molar-refractivity contribution in [1.29, 1.82) is 0 Å². The molecular formula is C23H34O6. The van der Waals surface area contributed by atoms with E-state index in [1.165, 1.54) is 26.4 Å². The quantitative estimate of drug-likeness (QED) is 0.481. The summed E-state index contributed by atoms with van der Waals surface area (Å²) in [5.74, 6) is 1.19. The molecular weight excluding hydrogens is 372 g/mol. The van der Waals surface area contributed by atoms with Crippen molar-refractivity contribution in [3.05, 3.63) is 36.4 Å². The molecule has 0 aromatic heterocycles. The van der Waals surface area contributed by atoms with Gasteiger partial charge in [0.1, 0.15) is 0 Å². The van der Waals surface area contributed by atoms with Crippen molar-refractivity contribution >= 4 is 12.4 Å². The molecule has 6 heteroatoms. The molecule has 2 saturated carbocycles. The van der Waals surface area contributed by atoms with E-state index in [-0.39, 0.29) is 17.6 Å². The van der Waals surface area contributed by atoms with Crippen molar-refractivity contribution in [2.45, 2.75) is 52.9 Å². The van der Waals surface area contributed by atoms with Gasteiger partial charge >= 0.3 is 5.97 Å². The van der Waals surface area contributed by atoms with Gasteiger partial charge in [-0.3, -0.25) is 9.59 Å². The van der Waals surface area contributed by atoms with E-state index in [2.05, 4.69) is 27.4 Å². The van der Waals surface area contributed by atoms with E-state index in [9.17, 15) is 9.90 Å². The number of carboxylic acid groups (broad SMARTS) is 2. The molecule has 0 radical (unpaired) electrons. The predicted molar refractivity (Wildman–Crippen MR) is 112 cm³/mol. The third-order valence-corrected chi connectivity index (χ3v) is 6.57. The summed E-state index contributed by atoms with van der Waals surface area (Å²) in [5, 5.41) is 25.1. The number of fused-ring (bicyclic) bond motifs is 2. The number of methoxy groups -OCH3 is 1. The number of rotatable bonds is 5. The number of phenols is 1. The van der Waals surface area contributed by atoms with Gasteiger partial charge in [-0.2, -0.15) is 0 Å². The Labute approximate surface area is 173 Å². The number of benzene rings is 1. The molecule has 3 N–H and O–H groups in total. The summed E-state index contributed by atoms with van der Waals surface area (Å²) in [4.78, 5) is 19.2. The molecule has 2 aliphatic rings. The summed E-state index contributed by atoms with van der Waals surface area (Å²) in [6.45, 7) is 10.2. The van der Waals surface area contributed by atoms with E-state index < -0.39 is 5.97 Å². The van der Waals surface area contributed by atoms with Gasteiger partial charge in [-0.15, -0.1) is 6.58 Å². The molecule has 1 aromatic rings. The lowest BCUT2D eigenvalue weighted by Crippen LogP contribution is -2.36. The summed E-state index contributed by atoms with van der Waals surface area (Å²) in [6.07, 6.45) is 6.75. The van der Waals surface area contributed by atoms with Gasteiger partial charge in [0.05, 0.1) is 7.11 Å². The summed E-state index contributed by atoms with van der Waals surface area (Å²) >= 11 is 0. The van der Waals surface area contributed by atoms with Crippen LogP contribution in [0, 0.1) is 22.7 Å². The summed E-state index contributed by atoms with van der Waals surface area (Å²) < 4.78 is 4.95. The molecule has 0 amide bonds. The van der Waals surface area contributed by atoms with Crippen LogP contribution in [0.3, 0.4) is 0 Å². The normalized spacial score (nSPS) is 25.7. The van der Waals surface area contributed by atoms with Gasteiger partial charge in [-0.05, 0) is 66.0 Å². The average Bonchev–Trinajstić information content (AvgIpc) is 3.13. The second-order valence-corrected chi connectivity index (χ2v) is 8.67. The first kappa shape index (κ1) is 24.5. The van der Waals surface area contributed by atoms with E-state index in [0.717, 1.165) is 17.9 Å². The second kappa shape index (κ2) is 10.3. The Balaban J connectivity index is 0.000000259. The number of allylic oxidation sites excluding steroid dienone is 1. The second-order valence-electron chi connectivity index (χ2n) is 8.67. The monoisotopic (exact) mass is 406 g/mol. The minimum atomic E-state index is -0.628. The number of aromatic hydroxyl groups is 1. The Bertz CT molecular complexity index is 707. The third-order valence-electron chi connectivity index (χ3n) is 6.57. The maximum absolute atomic E-state index is 10.9. The van der Waals surface area contributed by atoms with E-state index in [4.69, 9.17) is 19.7 Å². The minimum absolute atomic E-state index is 0.172. The van der Waals surface area contributed by atoms with Crippen LogP contribution in [-0.4, -0.2) is 34.9 Å². The first-order valence-corrected chi connectivity index (χ1v) is 9.82. The van der Waals surface area contributed by atoms with Crippen molar-refractivity contribution in [2.75, 3.05) is 7.11 Å². The van der Waals surface area contributed by atoms with Crippen molar-refractivity contribution < 1.29 is 29.6 Å². The minimum Gasteiger partial charge on any atom is -0.504 e. The average molecular weight is 407 g/mol. The Morgan fingerprint density at radius 1 is 1.34 bits per heavy atom. The Kier molecular flexibility index (Phi) is 8.74. The van der Waals surface area contributed by atoms with E-state index >= 15 is 0 Å². The number of aliphatic carboxylic acids is 1. The van der Waals surface area contributed by atoms with Gasteiger partial charge in [-0.25, -0.2) is 0 Å². The van der Waals surface area contributed by atoms with Crippen LogP contribution in [0.5, 0.6) is 11.5 Å². The van der Waals surface area contributed by atoms with Crippen LogP contribution in [0.1, 0.15) is 52.0 Å². The molecule has 29 heavy (non-hydrogen) atoms. The predicted octanol–water partition coefficient (Wildman–Crippen LogP) is 4.75. The molecule has 2 fully saturated rings. The maximum atomic E-state index is 10.9. The zero-order valence-corrected chi connectivity index (χ0v) is 17.9. The number of ether oxygens (including phenoxy) is 1. The summed E-state index contributed by atoms with van der Waals surface area (Å²) in [5.41, 5.74) is 1.64. The largest absolute Gasteiger partial charge is 0.504 e. The van der Waals surface area contributed by atoms with Crippen molar-refractivity contribution in [2.24, 2.45) is 22.7 Å². The van der Waals surface area contributed by atoms with Gasteiger partial charge in [-0.1, -0.05) is 32.9 Å². The molecule has 162 valence electrons. The molecule has 3 atom stereocenters. The first-order chi connectivity index (χ1) is 13.5. The molecule has 0 saturated heterocycles. The van der Waals surface area contributed by atoms with Crippen molar-refractivity contribution in [3.63, 3.8) is 0 Å². The standard InChI is InChI=1S/C12H20O2.C10H12O2.CH2O2/c1-11(2)8-4-5-12(3,7-8)9(11)6-10(13)14;1-3-4-8-5-6-9(11)10(7-8)12-2;2-1-3/h8-9H,4-7H2,1-3H3,(H,13,14);3,5-7,11H,1,4H2,2H3;1H,(H,2,3)/t8?,9-,12?;;/m1../s1. The molecule has 2 bridgehead atoms. The van der Waals surface area contributed by atoms with Crippen LogP contribution in [0.25, 0.3) is 0 Å². The van der Waals surface area contributed by atoms with E-state index in [1.54, 1.807) is 12.1 Å². The number of carboxylic acids is 1. The Morgan fingerprint density at radius 3 is 2.41 bits per heavy atom. The van der Waals surface area contributed by atoms with Crippen molar-refractivity contribution in [1.82, 2.24) is 0 Å². The van der Waals surface area contributed by atoms with Crippen LogP contribution in [0.15, 0.2) is 30.9 Å². The zero-order valence-electron chi connectivity index (χ0n) is 17.9. The number of carbonyl (C=O) groups is 2. The van der Waals surface area contributed by atoms with E-state index in [0.29, 0.717) is 23.5 Å². The van der Waals surface area contributed by atoms with Crippen LogP contribution >= 0.6 is 0 Å². The Hall–Kier alpha value is -2.50. The molecule has 2 aliphatic carbocycles. The topological polar surface area (TPSA) is 104 Å². The molecule has 2 unspecified atom stereocenters. The highest BCUT2D eigenvalue weighted by Crippen LogP contribution is 2.66. The lowest BCUT2D eigenvalue weighted by atomic mass is 9.63. The van der Waals surface area contributed by atoms with Crippen LogP contribution in [0.4, 0.5) is 0 Å². The lowest BCUT2D eigenvalue weighted by Gasteiger charge is -2.42. The van der Waals surface area contributed by atoms with Gasteiger partial charge in [0.25, 0.3) is 6.47 Å². The maximum Gasteiger partial charge on any atom is 0.303 e. The van der Waals surface area contributed by atoms with Crippen LogP contribution < -0.4 is 4.74 Å². The third kappa shape index (κ3) is 5.99. The summed E-state index contributed by atoms with van der Waals surface area (Å²) in [7, 11) is 1.53. The van der Waals surface area contributed by atoms with Crippen LogP contribution in [0.2, 0.25) is 0 Å². The highest BCUT2D eigenvalue weighted by atomic mass is 16.5. The highest BCUT2D eigenvalue weighted by molar-refractivity contribution is 5.67. The molecule has 0 heterocycles. The smallest absolute Gasteiger partial charge is 0.303 e. The fraction of sp³-hybridized carbons (Fsp3) is 0.565. The summed E-state index contributed by atoms with van der Waals surface area (Å²) in [6, 6.07) is 5.27. The zero-order chi connectivity index (χ0) is 22.2. The molecule has 6 nitrogen and oxygen atoms in total. The first-order valence-electron chi connectivity index (χ1n) is 9.82. The fourth-order valence-electron chi connectivity index (χ4n) is 5.10. The van der Waals surface area contributed by atoms with E-state index in [1.807, 2.05) is 12.1 Å². The number of hydrogen-bond donors (Lipinski definition) is 3. The van der Waals surface area contributed by atoms with Gasteiger partial charge < -0.3 is 20.1 Å². The van der Waals surface area contributed by atoms with Crippen LogP contribution in [-0.2, 0) is 16.0 Å². The van der Waals surface area contributed by atoms with Crippen molar-refractivity contribution in [3.8, 4) is 11.5 Å². The molecule has 1 aromatic carbocycles. The SMILES string of the molecule is C=CCc1ccc(O)c(OC)c1.CC12CCC(C1)C(C)(C)[C@H]2CC(=O)O.O=CO. The molecule has 0 aliphatic heterocycles. The van der Waals surface area contributed by atoms with Gasteiger partial charge in [0, 0.05) is 6.42 Å². The van der Waals surface area contributed by atoms with Gasteiger partial charge in [0.2, 0.25) is 0 Å². The highest BCUT2D eigenvalue weighted by Gasteiger charge is 2.59. The van der Waals surface area contributed by atoms with Gasteiger partial charge in [0.15, 0.2) is 11.5 Å². The number of phenolic OH excluding ortho intramolecular Hbond substituents is 1. The molecule has 3 rings (SSSR count). The molecule has 0 spiro atoms.